The van der Waals surface area contributed by atoms with Gasteiger partial charge < -0.3 is 34.4 Å². The molecule has 2 aliphatic heterocycles. The van der Waals surface area contributed by atoms with E-state index in [1.807, 2.05) is 58.0 Å². The number of aromatic nitrogens is 1. The van der Waals surface area contributed by atoms with Crippen LogP contribution in [0.4, 0.5) is 10.1 Å². The molecule has 1 aliphatic carbocycles. The van der Waals surface area contributed by atoms with E-state index in [1.54, 1.807) is 12.3 Å². The third-order valence-corrected chi connectivity index (χ3v) is 9.26. The van der Waals surface area contributed by atoms with Gasteiger partial charge in [-0.15, -0.1) is 0 Å². The molecule has 3 aliphatic rings. The van der Waals surface area contributed by atoms with Crippen molar-refractivity contribution in [1.29, 1.82) is 0 Å². The number of hydrogen-bond acceptors (Lipinski definition) is 9. The summed E-state index contributed by atoms with van der Waals surface area (Å²) in [4.78, 5) is 30.8. The summed E-state index contributed by atoms with van der Waals surface area (Å²) < 4.78 is 34.6. The maximum absolute atomic E-state index is 15.6. The van der Waals surface area contributed by atoms with Crippen molar-refractivity contribution in [3.63, 3.8) is 0 Å². The van der Waals surface area contributed by atoms with Crippen molar-refractivity contribution in [1.82, 2.24) is 9.47 Å². The van der Waals surface area contributed by atoms with Crippen LogP contribution in [0.5, 0.6) is 5.75 Å². The summed E-state index contributed by atoms with van der Waals surface area (Å²) in [6.45, 7) is 4.42. The third-order valence-electron chi connectivity index (χ3n) is 9.26. The number of ether oxygens (including phenoxy) is 2. The average Bonchev–Trinajstić information content (AvgIpc) is 3.89. The van der Waals surface area contributed by atoms with Crippen LogP contribution in [0.2, 0.25) is 0 Å². The Labute approximate surface area is 272 Å². The van der Waals surface area contributed by atoms with Gasteiger partial charge in [0.2, 0.25) is 5.43 Å². The zero-order valence-corrected chi connectivity index (χ0v) is 26.1. The summed E-state index contributed by atoms with van der Waals surface area (Å²) in [6.07, 6.45) is 3.90. The number of pyridine rings is 1. The second-order valence-corrected chi connectivity index (χ2v) is 12.4. The quantitative estimate of drug-likeness (QED) is 0.145. The normalized spacial score (nSPS) is 18.1. The van der Waals surface area contributed by atoms with E-state index in [9.17, 15) is 14.6 Å². The Balaban J connectivity index is 0.987. The summed E-state index contributed by atoms with van der Waals surface area (Å²) in [5, 5.41) is 10.5. The molecule has 3 N–H and O–H groups in total. The highest BCUT2D eigenvalue weighted by Crippen LogP contribution is 2.38. The molecular weight excluding hydrogens is 602 g/mol. The summed E-state index contributed by atoms with van der Waals surface area (Å²) in [5.74, 6) is -0.573. The average molecular weight is 641 g/mol. The molecule has 12 heteroatoms. The molecule has 0 radical (unpaired) electrons. The zero-order valence-electron chi connectivity index (χ0n) is 26.1. The number of anilines is 1. The van der Waals surface area contributed by atoms with E-state index in [0.29, 0.717) is 42.1 Å². The number of carbonyl (C=O) groups is 1. The fraction of sp³-hybridized carbons (Fsp3) is 0.371. The second kappa shape index (κ2) is 13.5. The van der Waals surface area contributed by atoms with Crippen LogP contribution in [-0.4, -0.2) is 73.5 Å². The standard InChI is InChI=1S/C35H38BFN4O6/c37-28-18-26-29(41(24-10-11-24)21-27(34(26)42)35(43)46-22-23-6-2-1-3-7-23)19-30(28)40-15-13-39(14-16-40)12-5-17-45-31-9-4-8-25-32(20-38)47-36(44)33(25)31/h1-4,6-9,18-19,21,24,32,44H,5,10-17,20,22,38H2. The van der Waals surface area contributed by atoms with Crippen molar-refractivity contribution in [3.8, 4) is 5.75 Å². The minimum atomic E-state index is -1.04. The van der Waals surface area contributed by atoms with Crippen LogP contribution in [0.1, 0.15) is 52.9 Å². The van der Waals surface area contributed by atoms with Crippen molar-refractivity contribution in [2.45, 2.75) is 38.0 Å². The van der Waals surface area contributed by atoms with Crippen molar-refractivity contribution in [3.05, 3.63) is 99.6 Å². The molecule has 47 heavy (non-hydrogen) atoms. The molecule has 244 valence electrons. The number of fused-ring (bicyclic) bond motifs is 2. The molecule has 0 bridgehead atoms. The van der Waals surface area contributed by atoms with E-state index in [-0.39, 0.29) is 36.2 Å². The lowest BCUT2D eigenvalue weighted by molar-refractivity contribution is 0.0470. The van der Waals surface area contributed by atoms with Gasteiger partial charge in [0.15, 0.2) is 0 Å². The monoisotopic (exact) mass is 640 g/mol. The van der Waals surface area contributed by atoms with E-state index in [0.717, 1.165) is 50.0 Å². The minimum absolute atomic E-state index is 0.0524. The molecule has 3 aromatic carbocycles. The van der Waals surface area contributed by atoms with Crippen LogP contribution >= 0.6 is 0 Å². The van der Waals surface area contributed by atoms with E-state index >= 15 is 4.39 Å². The maximum Gasteiger partial charge on any atom is 0.495 e. The second-order valence-electron chi connectivity index (χ2n) is 12.4. The largest absolute Gasteiger partial charge is 0.495 e. The van der Waals surface area contributed by atoms with Crippen LogP contribution in [0.15, 0.2) is 71.7 Å². The number of halogens is 1. The van der Waals surface area contributed by atoms with E-state index in [2.05, 4.69) is 4.90 Å². The molecule has 1 atom stereocenters. The molecule has 10 nitrogen and oxygen atoms in total. The summed E-state index contributed by atoms with van der Waals surface area (Å²) in [5.41, 5.74) is 8.61. The zero-order chi connectivity index (χ0) is 32.5. The van der Waals surface area contributed by atoms with Crippen molar-refractivity contribution < 1.29 is 28.3 Å². The Bertz CT molecular complexity index is 1830. The molecular formula is C35H38BFN4O6. The van der Waals surface area contributed by atoms with E-state index in [1.165, 1.54) is 6.07 Å². The predicted molar refractivity (Wildman–Crippen MR) is 178 cm³/mol. The van der Waals surface area contributed by atoms with Gasteiger partial charge in [-0.2, -0.15) is 0 Å². The molecule has 1 saturated carbocycles. The van der Waals surface area contributed by atoms with Crippen LogP contribution < -0.4 is 26.3 Å². The highest BCUT2D eigenvalue weighted by atomic mass is 19.1. The highest BCUT2D eigenvalue weighted by molar-refractivity contribution is 6.62. The predicted octanol–water partition coefficient (Wildman–Crippen LogP) is 3.14. The Morgan fingerprint density at radius 3 is 2.60 bits per heavy atom. The number of carbonyl (C=O) groups excluding carboxylic acids is 1. The number of nitrogens with zero attached hydrogens (tertiary/aromatic N) is 3. The molecule has 0 spiro atoms. The molecule has 1 unspecified atom stereocenters. The lowest BCUT2D eigenvalue weighted by Crippen LogP contribution is -2.47. The van der Waals surface area contributed by atoms with E-state index < -0.39 is 24.3 Å². The fourth-order valence-corrected chi connectivity index (χ4v) is 6.60. The number of piperazine rings is 1. The van der Waals surface area contributed by atoms with Crippen molar-refractivity contribution >= 4 is 35.1 Å². The number of hydrogen-bond donors (Lipinski definition) is 2. The lowest BCUT2D eigenvalue weighted by atomic mass is 9.78. The smallest absolute Gasteiger partial charge is 0.494 e. The third kappa shape index (κ3) is 6.51. The van der Waals surface area contributed by atoms with Crippen LogP contribution in [0, 0.1) is 5.82 Å². The first-order valence-electron chi connectivity index (χ1n) is 16.3. The summed E-state index contributed by atoms with van der Waals surface area (Å²) >= 11 is 0. The molecule has 2 fully saturated rings. The first-order valence-corrected chi connectivity index (χ1v) is 16.3. The first-order chi connectivity index (χ1) is 22.9. The Morgan fingerprint density at radius 1 is 1.06 bits per heavy atom. The van der Waals surface area contributed by atoms with Gasteiger partial charge in [-0.1, -0.05) is 42.5 Å². The summed E-state index contributed by atoms with van der Waals surface area (Å²) in [6, 6.07) is 18.1. The molecule has 1 aromatic heterocycles. The van der Waals surface area contributed by atoms with Gasteiger partial charge >= 0.3 is 13.1 Å². The highest BCUT2D eigenvalue weighted by Gasteiger charge is 2.37. The van der Waals surface area contributed by atoms with Crippen molar-refractivity contribution in [2.24, 2.45) is 5.73 Å². The number of esters is 1. The number of nitrogens with two attached hydrogens (primary N) is 1. The Morgan fingerprint density at radius 2 is 1.85 bits per heavy atom. The van der Waals surface area contributed by atoms with Crippen LogP contribution in [0.3, 0.4) is 0 Å². The SMILES string of the molecule is NCC1OB(O)c2c(OCCCN3CCN(c4cc5c(cc4F)c(=O)c(C(=O)OCc4ccccc4)cn5C4CC4)CC3)cccc21. The minimum Gasteiger partial charge on any atom is -0.494 e. The van der Waals surface area contributed by atoms with Crippen molar-refractivity contribution in [2.75, 3.05) is 50.8 Å². The van der Waals surface area contributed by atoms with E-state index in [4.69, 9.17) is 19.9 Å². The van der Waals surface area contributed by atoms with Gasteiger partial charge in [-0.25, -0.2) is 9.18 Å². The Hall–Kier alpha value is -4.23. The topological polar surface area (TPSA) is 119 Å². The van der Waals surface area contributed by atoms with Gasteiger partial charge in [0.25, 0.3) is 0 Å². The van der Waals surface area contributed by atoms with Crippen LogP contribution in [0.25, 0.3) is 10.9 Å². The van der Waals surface area contributed by atoms with Gasteiger partial charge in [-0.05, 0) is 48.6 Å². The van der Waals surface area contributed by atoms with Gasteiger partial charge in [0, 0.05) is 62.4 Å². The van der Waals surface area contributed by atoms with Gasteiger partial charge in [0.1, 0.15) is 23.7 Å². The Kier molecular flexibility index (Phi) is 9.00. The van der Waals surface area contributed by atoms with Gasteiger partial charge in [-0.3, -0.25) is 9.69 Å². The molecule has 7 rings (SSSR count). The molecule has 0 amide bonds. The van der Waals surface area contributed by atoms with Crippen LogP contribution in [-0.2, 0) is 16.0 Å². The first kappa shape index (κ1) is 31.4. The van der Waals surface area contributed by atoms with Gasteiger partial charge in [0.05, 0.1) is 23.9 Å². The maximum atomic E-state index is 15.6. The lowest BCUT2D eigenvalue weighted by Gasteiger charge is -2.36. The number of benzene rings is 3. The molecule has 1 saturated heterocycles. The molecule has 4 aromatic rings. The summed E-state index contributed by atoms with van der Waals surface area (Å²) in [7, 11) is -1.04. The molecule has 3 heterocycles. The number of rotatable bonds is 11. The fourth-order valence-electron chi connectivity index (χ4n) is 6.60.